The van der Waals surface area contributed by atoms with Crippen LogP contribution < -0.4 is 21.3 Å². The van der Waals surface area contributed by atoms with E-state index in [9.17, 15) is 0 Å². The Balaban J connectivity index is 1.08. The van der Waals surface area contributed by atoms with Crippen LogP contribution in [0.1, 0.15) is 65.0 Å². The molecular formula is C71H60BN3S. The third-order valence-corrected chi connectivity index (χ3v) is 17.5. The van der Waals surface area contributed by atoms with E-state index in [4.69, 9.17) is 0 Å². The van der Waals surface area contributed by atoms with Gasteiger partial charge < -0.3 is 14.0 Å². The first-order valence-corrected chi connectivity index (χ1v) is 28.2. The Labute approximate surface area is 451 Å². The Morgan fingerprint density at radius 2 is 0.947 bits per heavy atom. The summed E-state index contributed by atoms with van der Waals surface area (Å²) in [5.41, 5.74) is 22.4. The van der Waals surface area contributed by atoms with E-state index in [0.29, 0.717) is 5.92 Å². The fourth-order valence-electron chi connectivity index (χ4n) is 12.7. The Morgan fingerprint density at radius 1 is 0.461 bits per heavy atom. The minimum atomic E-state index is -0.103. The van der Waals surface area contributed by atoms with Gasteiger partial charge in [0.05, 0.1) is 27.8 Å². The highest BCUT2D eigenvalue weighted by Crippen LogP contribution is 2.51. The summed E-state index contributed by atoms with van der Waals surface area (Å²) in [7, 11) is 0. The first kappa shape index (κ1) is 46.5. The van der Waals surface area contributed by atoms with Crippen molar-refractivity contribution in [3.8, 4) is 33.6 Å². The number of para-hydroxylation sites is 4. The number of aromatic nitrogens is 2. The highest BCUT2D eigenvalue weighted by atomic mass is 32.2. The molecule has 2 aliphatic rings. The molecule has 0 saturated carbocycles. The highest BCUT2D eigenvalue weighted by Gasteiger charge is 2.43. The molecular weight excluding hydrogens is 938 g/mol. The molecule has 2 aromatic heterocycles. The number of rotatable bonds is 10. The quantitative estimate of drug-likeness (QED) is 0.100. The van der Waals surface area contributed by atoms with Crippen LogP contribution in [0, 0.1) is 5.92 Å². The standard InChI is InChI=1S/C71H60BN3S/c1-46(2)22-12-13-23-47-40-66-69-68(41-47)76-67-45-52(74-63-34-20-16-30-55(63)56-31-17-21-35-64(56)74)37-39-60(67)72(69)59-38-36-51(73-61-32-18-14-28-53(61)54-29-15-19-33-62(54)73)44-65(59)75(66)70-57(48-24-8-6-9-25-48)42-50(71(3,4)5)43-58(70)49-26-10-7-11-27-49/h6-11,14-21,24-46H,12-13,22-23H2,1-5H3. The molecule has 76 heavy (non-hydrogen) atoms. The van der Waals surface area contributed by atoms with E-state index in [0.717, 1.165) is 18.5 Å². The van der Waals surface area contributed by atoms with Gasteiger partial charge in [-0.3, -0.25) is 0 Å². The van der Waals surface area contributed by atoms with Crippen LogP contribution in [0.2, 0.25) is 0 Å². The lowest BCUT2D eigenvalue weighted by atomic mass is 9.34. The molecule has 0 radical (unpaired) electrons. The predicted molar refractivity (Wildman–Crippen MR) is 327 cm³/mol. The van der Waals surface area contributed by atoms with Gasteiger partial charge in [0, 0.05) is 65.2 Å². The van der Waals surface area contributed by atoms with E-state index in [-0.39, 0.29) is 12.1 Å². The molecule has 12 aromatic rings. The number of fused-ring (bicyclic) bond motifs is 10. The fourth-order valence-corrected chi connectivity index (χ4v) is 14.0. The van der Waals surface area contributed by atoms with Crippen LogP contribution in [0.5, 0.6) is 0 Å². The third kappa shape index (κ3) is 7.65. The Bertz CT molecular complexity index is 4070. The minimum Gasteiger partial charge on any atom is -0.310 e. The smallest absolute Gasteiger partial charge is 0.249 e. The lowest BCUT2D eigenvalue weighted by Crippen LogP contribution is -2.60. The van der Waals surface area contributed by atoms with Crippen LogP contribution >= 0.6 is 11.8 Å². The number of hydrogen-bond donors (Lipinski definition) is 0. The van der Waals surface area contributed by atoms with Gasteiger partial charge in [0.15, 0.2) is 0 Å². The van der Waals surface area contributed by atoms with E-state index < -0.39 is 0 Å². The summed E-state index contributed by atoms with van der Waals surface area (Å²) in [4.78, 5) is 5.38. The van der Waals surface area contributed by atoms with Gasteiger partial charge in [0.2, 0.25) is 6.71 Å². The molecule has 0 saturated heterocycles. The highest BCUT2D eigenvalue weighted by molar-refractivity contribution is 8.00. The zero-order valence-corrected chi connectivity index (χ0v) is 44.8. The van der Waals surface area contributed by atoms with Crippen LogP contribution in [0.25, 0.3) is 77.2 Å². The molecule has 0 unspecified atom stereocenters. The van der Waals surface area contributed by atoms with E-state index in [1.165, 1.54) is 139 Å². The number of hydrogen-bond acceptors (Lipinski definition) is 2. The molecule has 4 heterocycles. The molecule has 14 rings (SSSR count). The largest absolute Gasteiger partial charge is 0.310 e. The van der Waals surface area contributed by atoms with Gasteiger partial charge in [-0.1, -0.05) is 210 Å². The minimum absolute atomic E-state index is 0.00362. The van der Waals surface area contributed by atoms with Crippen molar-refractivity contribution in [2.24, 2.45) is 5.92 Å². The molecule has 10 aromatic carbocycles. The van der Waals surface area contributed by atoms with Gasteiger partial charge in [-0.25, -0.2) is 0 Å². The Morgan fingerprint density at radius 3 is 1.46 bits per heavy atom. The maximum absolute atomic E-state index is 2.72. The van der Waals surface area contributed by atoms with E-state index in [2.05, 4.69) is 267 Å². The van der Waals surface area contributed by atoms with E-state index >= 15 is 0 Å². The summed E-state index contributed by atoms with van der Waals surface area (Å²) >= 11 is 1.97. The van der Waals surface area contributed by atoms with Gasteiger partial charge in [0.1, 0.15) is 0 Å². The molecule has 0 N–H and O–H groups in total. The zero-order valence-electron chi connectivity index (χ0n) is 44.0. The van der Waals surface area contributed by atoms with Gasteiger partial charge in [0.25, 0.3) is 0 Å². The summed E-state index contributed by atoms with van der Waals surface area (Å²) in [5, 5.41) is 5.08. The third-order valence-electron chi connectivity index (χ3n) is 16.3. The van der Waals surface area contributed by atoms with Crippen molar-refractivity contribution in [2.45, 2.75) is 75.5 Å². The van der Waals surface area contributed by atoms with Crippen molar-refractivity contribution in [1.29, 1.82) is 0 Å². The summed E-state index contributed by atoms with van der Waals surface area (Å²) in [6.07, 6.45) is 4.62. The van der Waals surface area contributed by atoms with Crippen LogP contribution in [0.4, 0.5) is 17.1 Å². The van der Waals surface area contributed by atoms with E-state index in [1.54, 1.807) is 0 Å². The molecule has 0 atom stereocenters. The van der Waals surface area contributed by atoms with Crippen LogP contribution in [-0.4, -0.2) is 15.8 Å². The Kier molecular flexibility index (Phi) is 11.3. The van der Waals surface area contributed by atoms with Gasteiger partial charge in [-0.15, -0.1) is 0 Å². The SMILES string of the molecule is CC(C)CCCCc1cc2c3c(c1)N(c1c(-c4ccccc4)cc(C(C)(C)C)cc1-c1ccccc1)c1cc(-n4c5ccccc5c5ccccc54)ccc1B3c1ccc(-n3c4ccccc4c4ccccc43)cc1S2. The molecule has 5 heteroatoms. The molecule has 0 amide bonds. The normalized spacial score (nSPS) is 13.0. The predicted octanol–water partition coefficient (Wildman–Crippen LogP) is 17.6. The van der Waals surface area contributed by atoms with Crippen molar-refractivity contribution in [3.05, 3.63) is 230 Å². The van der Waals surface area contributed by atoms with Crippen LogP contribution in [0.3, 0.4) is 0 Å². The summed E-state index contributed by atoms with van der Waals surface area (Å²) in [6.45, 7) is 11.8. The second-order valence-electron chi connectivity index (χ2n) is 22.6. The molecule has 2 aliphatic heterocycles. The fraction of sp³-hybridized carbons (Fsp3) is 0.155. The van der Waals surface area contributed by atoms with Crippen LogP contribution in [-0.2, 0) is 11.8 Å². The first-order chi connectivity index (χ1) is 37.2. The second-order valence-corrected chi connectivity index (χ2v) is 23.7. The van der Waals surface area contributed by atoms with Crippen molar-refractivity contribution >= 4 is 95.5 Å². The monoisotopic (exact) mass is 997 g/mol. The number of nitrogens with zero attached hydrogens (tertiary/aromatic N) is 3. The van der Waals surface area contributed by atoms with E-state index in [1.807, 2.05) is 11.8 Å². The molecule has 368 valence electrons. The molecule has 0 fully saturated rings. The Hall–Kier alpha value is -7.99. The first-order valence-electron chi connectivity index (χ1n) is 27.4. The van der Waals surface area contributed by atoms with Crippen LogP contribution in [0.15, 0.2) is 228 Å². The second kappa shape index (κ2) is 18.4. The number of aryl methyl sites for hydroxylation is 1. The lowest BCUT2D eigenvalue weighted by molar-refractivity contribution is 0.538. The average molecular weight is 998 g/mol. The van der Waals surface area contributed by atoms with Crippen molar-refractivity contribution < 1.29 is 0 Å². The topological polar surface area (TPSA) is 13.1 Å². The molecule has 0 spiro atoms. The molecule has 0 aliphatic carbocycles. The van der Waals surface area contributed by atoms with Crippen molar-refractivity contribution in [2.75, 3.05) is 4.90 Å². The van der Waals surface area contributed by atoms with Gasteiger partial charge in [-0.05, 0) is 130 Å². The number of anilines is 3. The average Bonchev–Trinajstić information content (AvgIpc) is 4.06. The maximum Gasteiger partial charge on any atom is 0.249 e. The summed E-state index contributed by atoms with van der Waals surface area (Å²) in [6, 6.07) is 82.8. The maximum atomic E-state index is 2.72. The van der Waals surface area contributed by atoms with Gasteiger partial charge in [-0.2, -0.15) is 0 Å². The van der Waals surface area contributed by atoms with Crippen molar-refractivity contribution in [1.82, 2.24) is 9.13 Å². The number of benzene rings is 10. The summed E-state index contributed by atoms with van der Waals surface area (Å²) < 4.78 is 4.97. The summed E-state index contributed by atoms with van der Waals surface area (Å²) in [5.74, 6) is 0.681. The zero-order chi connectivity index (χ0) is 51.2. The lowest BCUT2D eigenvalue weighted by Gasteiger charge is -2.42. The number of unbranched alkanes of at least 4 members (excludes halogenated alkanes) is 1. The molecule has 3 nitrogen and oxygen atoms in total. The van der Waals surface area contributed by atoms with Gasteiger partial charge >= 0.3 is 0 Å². The van der Waals surface area contributed by atoms with Crippen molar-refractivity contribution in [3.63, 3.8) is 0 Å². The molecule has 0 bridgehead atoms.